The van der Waals surface area contributed by atoms with Gasteiger partial charge in [0, 0.05) is 5.25 Å². The fraction of sp³-hybridized carbons (Fsp3) is 0.600. The highest BCUT2D eigenvalue weighted by molar-refractivity contribution is 7.99. The summed E-state index contributed by atoms with van der Waals surface area (Å²) in [5.41, 5.74) is 0. The maximum absolute atomic E-state index is 3.13. The van der Waals surface area contributed by atoms with Crippen LogP contribution in [-0.2, 0) is 0 Å². The third-order valence-electron chi connectivity index (χ3n) is 0.920. The van der Waals surface area contributed by atoms with Crippen LogP contribution in [0.25, 0.3) is 0 Å². The van der Waals surface area contributed by atoms with Crippen LogP contribution in [0.5, 0.6) is 0 Å². The molecule has 0 bridgehead atoms. The zero-order valence-corrected chi connectivity index (χ0v) is 4.59. The van der Waals surface area contributed by atoms with Gasteiger partial charge in [0.1, 0.15) is 0 Å². The molecule has 0 heterocycles. The Morgan fingerprint density at radius 3 is 2.67 bits per heavy atom. The molecule has 33 valence electrons. The summed E-state index contributed by atoms with van der Waals surface area (Å²) in [5, 5.41) is 0.727. The third kappa shape index (κ3) is 0.597. The van der Waals surface area contributed by atoms with Crippen molar-refractivity contribution >= 4 is 11.8 Å². The number of thioether (sulfide) groups is 1. The van der Waals surface area contributed by atoms with Crippen LogP contribution < -0.4 is 0 Å². The summed E-state index contributed by atoms with van der Waals surface area (Å²) in [6.07, 6.45) is 8.57. The van der Waals surface area contributed by atoms with Gasteiger partial charge in [-0.05, 0) is 18.8 Å². The van der Waals surface area contributed by atoms with Gasteiger partial charge >= 0.3 is 0 Å². The molecule has 1 rings (SSSR count). The Kier molecular flexibility index (Phi) is 1.20. The van der Waals surface area contributed by atoms with Crippen LogP contribution in [0.1, 0.15) is 6.42 Å². The van der Waals surface area contributed by atoms with E-state index in [-0.39, 0.29) is 0 Å². The standard InChI is InChI=1S/C5H7S/c1-6-5-3-2-4-5/h2,5H,3H2,1H3. The number of hydrogen-bond donors (Lipinski definition) is 0. The summed E-state index contributed by atoms with van der Waals surface area (Å²) in [6, 6.07) is 0. The van der Waals surface area contributed by atoms with Crippen LogP contribution >= 0.6 is 11.8 Å². The van der Waals surface area contributed by atoms with Gasteiger partial charge in [-0.1, -0.05) is 6.08 Å². The molecule has 0 aromatic heterocycles. The van der Waals surface area contributed by atoms with E-state index in [1.165, 1.54) is 6.42 Å². The highest BCUT2D eigenvalue weighted by atomic mass is 32.2. The number of rotatable bonds is 1. The first-order chi connectivity index (χ1) is 2.93. The van der Waals surface area contributed by atoms with Crippen molar-refractivity contribution in [3.8, 4) is 0 Å². The molecular formula is C5H7S. The molecule has 1 atom stereocenters. The molecule has 0 saturated carbocycles. The van der Waals surface area contributed by atoms with Gasteiger partial charge in [-0.3, -0.25) is 0 Å². The molecule has 0 fully saturated rings. The molecule has 1 aliphatic rings. The monoisotopic (exact) mass is 99.0 g/mol. The minimum absolute atomic E-state index is 0.727. The quantitative estimate of drug-likeness (QED) is 0.480. The summed E-state index contributed by atoms with van der Waals surface area (Å²) in [5.74, 6) is 0. The molecule has 0 saturated heterocycles. The lowest BCUT2D eigenvalue weighted by molar-refractivity contribution is 0.952. The zero-order chi connectivity index (χ0) is 4.41. The van der Waals surface area contributed by atoms with Crippen molar-refractivity contribution in [2.75, 3.05) is 6.26 Å². The van der Waals surface area contributed by atoms with E-state index in [1.807, 2.05) is 11.8 Å². The van der Waals surface area contributed by atoms with Gasteiger partial charge in [0.15, 0.2) is 0 Å². The van der Waals surface area contributed by atoms with Crippen molar-refractivity contribution in [3.63, 3.8) is 0 Å². The topological polar surface area (TPSA) is 0 Å². The van der Waals surface area contributed by atoms with Gasteiger partial charge in [-0.2, -0.15) is 11.8 Å². The Labute approximate surface area is 42.6 Å². The van der Waals surface area contributed by atoms with E-state index in [4.69, 9.17) is 0 Å². The lowest BCUT2D eigenvalue weighted by atomic mass is 10.1. The third-order valence-corrected chi connectivity index (χ3v) is 1.82. The van der Waals surface area contributed by atoms with Crippen molar-refractivity contribution in [2.45, 2.75) is 11.7 Å². The minimum atomic E-state index is 0.727. The van der Waals surface area contributed by atoms with E-state index in [1.54, 1.807) is 0 Å². The highest BCUT2D eigenvalue weighted by Gasteiger charge is 2.06. The van der Waals surface area contributed by atoms with Gasteiger partial charge in [0.25, 0.3) is 0 Å². The molecule has 1 heteroatoms. The molecular weight excluding hydrogens is 92.1 g/mol. The Morgan fingerprint density at radius 1 is 2.00 bits per heavy atom. The second kappa shape index (κ2) is 1.69. The zero-order valence-electron chi connectivity index (χ0n) is 3.77. The summed E-state index contributed by atoms with van der Waals surface area (Å²) >= 11 is 1.87. The van der Waals surface area contributed by atoms with Crippen LogP contribution in [0.15, 0.2) is 6.08 Å². The average molecular weight is 99.2 g/mol. The number of hydrogen-bond acceptors (Lipinski definition) is 1. The largest absolute Gasteiger partial charge is 0.157 e. The summed E-state index contributed by atoms with van der Waals surface area (Å²) in [6.45, 7) is 0. The second-order valence-electron chi connectivity index (χ2n) is 1.33. The molecule has 0 aromatic rings. The van der Waals surface area contributed by atoms with Crippen LogP contribution in [0.3, 0.4) is 0 Å². The maximum atomic E-state index is 3.13. The van der Waals surface area contributed by atoms with E-state index in [2.05, 4.69) is 18.4 Å². The van der Waals surface area contributed by atoms with Crippen LogP contribution in [-0.4, -0.2) is 11.5 Å². The summed E-state index contributed by atoms with van der Waals surface area (Å²) in [4.78, 5) is 0. The van der Waals surface area contributed by atoms with Gasteiger partial charge in [-0.25, -0.2) is 0 Å². The van der Waals surface area contributed by atoms with E-state index in [0.717, 1.165) is 5.25 Å². The van der Waals surface area contributed by atoms with E-state index < -0.39 is 0 Å². The van der Waals surface area contributed by atoms with E-state index in [9.17, 15) is 0 Å². The highest BCUT2D eigenvalue weighted by Crippen LogP contribution is 2.19. The Balaban J connectivity index is 2.21. The predicted octanol–water partition coefficient (Wildman–Crippen LogP) is 1.48. The first kappa shape index (κ1) is 4.25. The van der Waals surface area contributed by atoms with Gasteiger partial charge in [0.2, 0.25) is 0 Å². The molecule has 1 radical (unpaired) electrons. The summed E-state index contributed by atoms with van der Waals surface area (Å²) in [7, 11) is 0. The Morgan fingerprint density at radius 2 is 2.67 bits per heavy atom. The first-order valence-electron chi connectivity index (χ1n) is 2.04. The van der Waals surface area contributed by atoms with Crippen molar-refractivity contribution in [3.05, 3.63) is 12.2 Å². The van der Waals surface area contributed by atoms with Crippen LogP contribution in [0, 0.1) is 6.08 Å². The van der Waals surface area contributed by atoms with Gasteiger partial charge in [0.05, 0.1) is 0 Å². The molecule has 0 N–H and O–H groups in total. The molecule has 6 heavy (non-hydrogen) atoms. The predicted molar refractivity (Wildman–Crippen MR) is 29.7 cm³/mol. The van der Waals surface area contributed by atoms with Crippen LogP contribution in [0.2, 0.25) is 0 Å². The first-order valence-corrected chi connectivity index (χ1v) is 3.33. The average Bonchev–Trinajstić information content (AvgIpc) is 1.31. The lowest BCUT2D eigenvalue weighted by Crippen LogP contribution is -2.03. The molecule has 1 aliphatic carbocycles. The molecule has 0 nitrogen and oxygen atoms in total. The normalized spacial score (nSPS) is 29.8. The Bertz CT molecular complexity index is 66.3. The van der Waals surface area contributed by atoms with E-state index in [0.29, 0.717) is 0 Å². The SMILES string of the molecule is CSC1[C]=CC1. The van der Waals surface area contributed by atoms with Gasteiger partial charge in [-0.15, -0.1) is 0 Å². The molecule has 0 amide bonds. The molecule has 1 unspecified atom stereocenters. The fourth-order valence-electron chi connectivity index (χ4n) is 0.378. The fourth-order valence-corrected chi connectivity index (χ4v) is 0.899. The van der Waals surface area contributed by atoms with Crippen molar-refractivity contribution in [1.29, 1.82) is 0 Å². The van der Waals surface area contributed by atoms with Gasteiger partial charge < -0.3 is 0 Å². The number of allylic oxidation sites excluding steroid dienone is 1. The van der Waals surface area contributed by atoms with E-state index >= 15 is 0 Å². The van der Waals surface area contributed by atoms with Crippen molar-refractivity contribution < 1.29 is 0 Å². The molecule has 0 aromatic carbocycles. The maximum Gasteiger partial charge on any atom is 0.0329 e. The Hall–Kier alpha value is 0.0900. The molecule has 0 spiro atoms. The summed E-state index contributed by atoms with van der Waals surface area (Å²) < 4.78 is 0. The lowest BCUT2D eigenvalue weighted by Gasteiger charge is -2.11. The van der Waals surface area contributed by atoms with Crippen molar-refractivity contribution in [1.82, 2.24) is 0 Å². The second-order valence-corrected chi connectivity index (χ2v) is 2.37. The smallest absolute Gasteiger partial charge is 0.0329 e. The minimum Gasteiger partial charge on any atom is -0.157 e. The van der Waals surface area contributed by atoms with Crippen LogP contribution in [0.4, 0.5) is 0 Å². The van der Waals surface area contributed by atoms with Crippen molar-refractivity contribution in [2.24, 2.45) is 0 Å². The molecule has 0 aliphatic heterocycles.